The standard InChI is InChI=1S/C16H16F3N3O3/c1-3-25-15-21-12(8-13(23)22-15)14(24)20-9(2)10-4-6-11(7-5-10)16(17,18)19/h4-9H,3H2,1-2H3,(H,20,24)(H,21,22,23)/t9-/m1/s1. The van der Waals surface area contributed by atoms with E-state index < -0.39 is 29.2 Å². The highest BCUT2D eigenvalue weighted by molar-refractivity contribution is 5.92. The molecule has 9 heteroatoms. The second-order valence-electron chi connectivity index (χ2n) is 5.18. The molecule has 0 saturated heterocycles. The molecule has 1 amide bonds. The van der Waals surface area contributed by atoms with Gasteiger partial charge in [-0.05, 0) is 31.5 Å². The van der Waals surface area contributed by atoms with Crippen molar-refractivity contribution in [3.05, 3.63) is 57.5 Å². The lowest BCUT2D eigenvalue weighted by Gasteiger charge is -2.15. The molecule has 6 nitrogen and oxygen atoms in total. The van der Waals surface area contributed by atoms with Gasteiger partial charge in [0.25, 0.3) is 17.5 Å². The van der Waals surface area contributed by atoms with Gasteiger partial charge in [0.1, 0.15) is 5.69 Å². The molecule has 0 aliphatic rings. The molecule has 2 N–H and O–H groups in total. The van der Waals surface area contributed by atoms with Crippen molar-refractivity contribution in [2.75, 3.05) is 6.61 Å². The number of benzene rings is 1. The van der Waals surface area contributed by atoms with Crippen molar-refractivity contribution >= 4 is 5.91 Å². The number of aromatic amines is 1. The summed E-state index contributed by atoms with van der Waals surface area (Å²) in [7, 11) is 0. The number of ether oxygens (including phenoxy) is 1. The van der Waals surface area contributed by atoms with Crippen LogP contribution in [0.15, 0.2) is 35.1 Å². The average Bonchev–Trinajstić information content (AvgIpc) is 2.54. The number of carbonyl (C=O) groups is 1. The van der Waals surface area contributed by atoms with Gasteiger partial charge < -0.3 is 10.1 Å². The van der Waals surface area contributed by atoms with Gasteiger partial charge >= 0.3 is 6.18 Å². The Morgan fingerprint density at radius 2 is 1.96 bits per heavy atom. The minimum Gasteiger partial charge on any atom is -0.465 e. The molecule has 134 valence electrons. The average molecular weight is 355 g/mol. The van der Waals surface area contributed by atoms with Crippen LogP contribution in [0.3, 0.4) is 0 Å². The van der Waals surface area contributed by atoms with Crippen LogP contribution in [0.2, 0.25) is 0 Å². The molecule has 0 radical (unpaired) electrons. The predicted octanol–water partition coefficient (Wildman–Crippen LogP) is 2.68. The molecule has 1 atom stereocenters. The Morgan fingerprint density at radius 1 is 1.32 bits per heavy atom. The van der Waals surface area contributed by atoms with Crippen LogP contribution in [-0.4, -0.2) is 22.5 Å². The van der Waals surface area contributed by atoms with Crippen molar-refractivity contribution in [3.8, 4) is 6.01 Å². The van der Waals surface area contributed by atoms with E-state index in [4.69, 9.17) is 4.74 Å². The number of nitrogens with one attached hydrogen (secondary N) is 2. The molecular formula is C16H16F3N3O3. The van der Waals surface area contributed by atoms with Crippen LogP contribution in [0, 0.1) is 0 Å². The molecule has 25 heavy (non-hydrogen) atoms. The second kappa shape index (κ2) is 7.37. The summed E-state index contributed by atoms with van der Waals surface area (Å²) in [6, 6.07) is 4.80. The highest BCUT2D eigenvalue weighted by atomic mass is 19.4. The number of hydrogen-bond acceptors (Lipinski definition) is 4. The maximum atomic E-state index is 12.6. The Bertz CT molecular complexity index is 801. The first kappa shape index (κ1) is 18.5. The molecule has 0 unspecified atom stereocenters. The zero-order chi connectivity index (χ0) is 18.6. The molecule has 2 aromatic rings. The highest BCUT2D eigenvalue weighted by Gasteiger charge is 2.30. The monoisotopic (exact) mass is 355 g/mol. The van der Waals surface area contributed by atoms with E-state index in [2.05, 4.69) is 15.3 Å². The summed E-state index contributed by atoms with van der Waals surface area (Å²) in [4.78, 5) is 29.9. The van der Waals surface area contributed by atoms with E-state index in [1.54, 1.807) is 13.8 Å². The lowest BCUT2D eigenvalue weighted by Crippen LogP contribution is -2.29. The van der Waals surface area contributed by atoms with Crippen molar-refractivity contribution in [2.45, 2.75) is 26.1 Å². The number of carbonyl (C=O) groups excluding carboxylic acids is 1. The summed E-state index contributed by atoms with van der Waals surface area (Å²) < 4.78 is 42.8. The van der Waals surface area contributed by atoms with Gasteiger partial charge in [0.05, 0.1) is 18.2 Å². The van der Waals surface area contributed by atoms with E-state index in [0.717, 1.165) is 18.2 Å². The molecule has 0 aliphatic heterocycles. The van der Waals surface area contributed by atoms with Gasteiger partial charge in [-0.1, -0.05) is 12.1 Å². The lowest BCUT2D eigenvalue weighted by molar-refractivity contribution is -0.137. The fourth-order valence-corrected chi connectivity index (χ4v) is 2.07. The lowest BCUT2D eigenvalue weighted by atomic mass is 10.1. The van der Waals surface area contributed by atoms with E-state index in [1.807, 2.05) is 0 Å². The molecule has 1 aromatic heterocycles. The minimum absolute atomic E-state index is 0.0812. The van der Waals surface area contributed by atoms with Crippen LogP contribution >= 0.6 is 0 Å². The summed E-state index contributed by atoms with van der Waals surface area (Å²) >= 11 is 0. The number of hydrogen-bond donors (Lipinski definition) is 2. The zero-order valence-corrected chi connectivity index (χ0v) is 13.5. The molecule has 0 saturated carbocycles. The summed E-state index contributed by atoms with van der Waals surface area (Å²) in [5, 5.41) is 2.58. The van der Waals surface area contributed by atoms with Gasteiger partial charge in [-0.25, -0.2) is 0 Å². The normalized spacial score (nSPS) is 12.5. The van der Waals surface area contributed by atoms with Crippen LogP contribution in [0.4, 0.5) is 13.2 Å². The zero-order valence-electron chi connectivity index (χ0n) is 13.5. The van der Waals surface area contributed by atoms with E-state index in [9.17, 15) is 22.8 Å². The Hall–Kier alpha value is -2.84. The largest absolute Gasteiger partial charge is 0.465 e. The Balaban J connectivity index is 2.13. The smallest absolute Gasteiger partial charge is 0.416 e. The fourth-order valence-electron chi connectivity index (χ4n) is 2.07. The van der Waals surface area contributed by atoms with Crippen LogP contribution < -0.4 is 15.6 Å². The van der Waals surface area contributed by atoms with Crippen LogP contribution in [0.1, 0.15) is 41.5 Å². The Labute approximate surface area is 141 Å². The second-order valence-corrected chi connectivity index (χ2v) is 5.18. The van der Waals surface area contributed by atoms with E-state index in [0.29, 0.717) is 5.56 Å². The van der Waals surface area contributed by atoms with Crippen molar-refractivity contribution in [2.24, 2.45) is 0 Å². The summed E-state index contributed by atoms with van der Waals surface area (Å²) in [6.45, 7) is 3.56. The van der Waals surface area contributed by atoms with E-state index in [-0.39, 0.29) is 18.3 Å². The topological polar surface area (TPSA) is 84.1 Å². The predicted molar refractivity (Wildman–Crippen MR) is 83.4 cm³/mol. The molecule has 2 rings (SSSR count). The number of H-pyrrole nitrogens is 1. The minimum atomic E-state index is -4.42. The van der Waals surface area contributed by atoms with E-state index in [1.165, 1.54) is 12.1 Å². The number of alkyl halides is 3. The van der Waals surface area contributed by atoms with Crippen LogP contribution in [0.25, 0.3) is 0 Å². The first-order chi connectivity index (χ1) is 11.7. The molecule has 0 bridgehead atoms. The third kappa shape index (κ3) is 4.82. The van der Waals surface area contributed by atoms with Crippen molar-refractivity contribution in [3.63, 3.8) is 0 Å². The first-order valence-corrected chi connectivity index (χ1v) is 7.43. The number of aromatic nitrogens is 2. The van der Waals surface area contributed by atoms with Crippen molar-refractivity contribution in [1.82, 2.24) is 15.3 Å². The van der Waals surface area contributed by atoms with Gasteiger partial charge in [0.15, 0.2) is 0 Å². The molecule has 0 aliphatic carbocycles. The number of halogens is 3. The molecule has 1 heterocycles. The third-order valence-corrected chi connectivity index (χ3v) is 3.32. The summed E-state index contributed by atoms with van der Waals surface area (Å²) in [5.74, 6) is -0.639. The molecule has 0 fully saturated rings. The van der Waals surface area contributed by atoms with Crippen molar-refractivity contribution < 1.29 is 22.7 Å². The quantitative estimate of drug-likeness (QED) is 0.864. The molecule has 0 spiro atoms. The van der Waals surface area contributed by atoms with Crippen molar-refractivity contribution in [1.29, 1.82) is 0 Å². The van der Waals surface area contributed by atoms with Crippen LogP contribution in [0.5, 0.6) is 6.01 Å². The molecular weight excluding hydrogens is 339 g/mol. The SMILES string of the molecule is CCOc1nc(C(=O)N[C@H](C)c2ccc(C(F)(F)F)cc2)cc(=O)[nH]1. The summed E-state index contributed by atoms with van der Waals surface area (Å²) in [5.41, 5.74) is -0.986. The van der Waals surface area contributed by atoms with Gasteiger partial charge in [-0.2, -0.15) is 18.2 Å². The Kier molecular flexibility index (Phi) is 5.45. The third-order valence-electron chi connectivity index (χ3n) is 3.32. The number of amides is 1. The summed E-state index contributed by atoms with van der Waals surface area (Å²) in [6.07, 6.45) is -4.42. The first-order valence-electron chi connectivity index (χ1n) is 7.43. The van der Waals surface area contributed by atoms with E-state index >= 15 is 0 Å². The van der Waals surface area contributed by atoms with Gasteiger partial charge in [0, 0.05) is 6.07 Å². The fraction of sp³-hybridized carbons (Fsp3) is 0.312. The highest BCUT2D eigenvalue weighted by Crippen LogP contribution is 2.29. The van der Waals surface area contributed by atoms with Gasteiger partial charge in [0.2, 0.25) is 0 Å². The number of nitrogens with zero attached hydrogens (tertiary/aromatic N) is 1. The maximum Gasteiger partial charge on any atom is 0.416 e. The van der Waals surface area contributed by atoms with Crippen LogP contribution in [-0.2, 0) is 6.18 Å². The van der Waals surface area contributed by atoms with Gasteiger partial charge in [-0.15, -0.1) is 0 Å². The molecule has 1 aromatic carbocycles. The Morgan fingerprint density at radius 3 is 2.52 bits per heavy atom. The number of rotatable bonds is 5. The van der Waals surface area contributed by atoms with Gasteiger partial charge in [-0.3, -0.25) is 14.6 Å². The maximum absolute atomic E-state index is 12.6.